The van der Waals surface area contributed by atoms with Crippen LogP contribution in [0.5, 0.6) is 0 Å². The zero-order valence-electron chi connectivity index (χ0n) is 18.8. The van der Waals surface area contributed by atoms with Gasteiger partial charge in [0, 0.05) is 10.9 Å². The number of fused-ring (bicyclic) bond motifs is 2. The number of nitrogens with one attached hydrogen (secondary N) is 1. The number of ether oxygens (including phenoxy) is 1. The van der Waals surface area contributed by atoms with Gasteiger partial charge in [-0.1, -0.05) is 45.0 Å². The van der Waals surface area contributed by atoms with E-state index in [0.29, 0.717) is 16.1 Å². The number of anilines is 1. The molecular weight excluding hydrogens is 426 g/mol. The van der Waals surface area contributed by atoms with Crippen molar-refractivity contribution in [3.8, 4) is 11.1 Å². The van der Waals surface area contributed by atoms with E-state index in [9.17, 15) is 19.5 Å². The van der Waals surface area contributed by atoms with Gasteiger partial charge in [-0.3, -0.25) is 9.59 Å². The molecule has 0 saturated heterocycles. The Labute approximate surface area is 192 Å². The number of thiophene rings is 1. The molecule has 0 aliphatic heterocycles. The predicted octanol–water partition coefficient (Wildman–Crippen LogP) is 5.18. The highest BCUT2D eigenvalue weighted by atomic mass is 32.1. The molecule has 1 aromatic carbocycles. The fraction of sp³-hybridized carbons (Fsp3) is 0.480. The van der Waals surface area contributed by atoms with Gasteiger partial charge in [0.15, 0.2) is 0 Å². The number of rotatable bonds is 5. The van der Waals surface area contributed by atoms with Crippen molar-refractivity contribution in [3.63, 3.8) is 0 Å². The average Bonchev–Trinajstić information content (AvgIpc) is 3.47. The minimum atomic E-state index is -0.906. The van der Waals surface area contributed by atoms with Crippen molar-refractivity contribution in [2.75, 3.05) is 12.4 Å². The number of hydrogen-bond acceptors (Lipinski definition) is 5. The van der Waals surface area contributed by atoms with Gasteiger partial charge in [-0.15, -0.1) is 11.3 Å². The average molecular weight is 456 g/mol. The smallest absolute Gasteiger partial charge is 0.341 e. The molecule has 2 aliphatic rings. The number of methoxy groups -OCH3 is 1. The number of hydrogen-bond donors (Lipinski definition) is 2. The molecule has 7 heteroatoms. The third kappa shape index (κ3) is 3.94. The first-order valence-electron chi connectivity index (χ1n) is 11.0. The Balaban J connectivity index is 1.64. The summed E-state index contributed by atoms with van der Waals surface area (Å²) in [6.45, 7) is 6.42. The van der Waals surface area contributed by atoms with Gasteiger partial charge in [-0.25, -0.2) is 4.79 Å². The lowest BCUT2D eigenvalue weighted by molar-refractivity contribution is -0.148. The van der Waals surface area contributed by atoms with Crippen molar-refractivity contribution in [1.82, 2.24) is 0 Å². The molecule has 2 aliphatic carbocycles. The van der Waals surface area contributed by atoms with Crippen molar-refractivity contribution in [2.45, 2.75) is 45.4 Å². The molecule has 0 unspecified atom stereocenters. The Morgan fingerprint density at radius 3 is 2.25 bits per heavy atom. The van der Waals surface area contributed by atoms with Crippen molar-refractivity contribution in [3.05, 3.63) is 40.8 Å². The zero-order valence-corrected chi connectivity index (χ0v) is 19.6. The number of amides is 1. The first-order chi connectivity index (χ1) is 15.1. The number of aliphatic carboxylic acids is 1. The van der Waals surface area contributed by atoms with E-state index in [1.54, 1.807) is 0 Å². The summed E-state index contributed by atoms with van der Waals surface area (Å²) in [4.78, 5) is 37.6. The fourth-order valence-electron chi connectivity index (χ4n) is 5.34. The normalized spacial score (nSPS) is 24.4. The van der Waals surface area contributed by atoms with Crippen LogP contribution in [0.3, 0.4) is 0 Å². The topological polar surface area (TPSA) is 92.7 Å². The predicted molar refractivity (Wildman–Crippen MR) is 124 cm³/mol. The molecule has 2 saturated carbocycles. The zero-order chi connectivity index (χ0) is 23.2. The van der Waals surface area contributed by atoms with E-state index >= 15 is 0 Å². The van der Waals surface area contributed by atoms with Gasteiger partial charge in [0.25, 0.3) is 0 Å². The Morgan fingerprint density at radius 1 is 1.06 bits per heavy atom. The highest BCUT2D eigenvalue weighted by Crippen LogP contribution is 2.53. The molecule has 2 N–H and O–H groups in total. The van der Waals surface area contributed by atoms with Crippen molar-refractivity contribution in [2.24, 2.45) is 23.7 Å². The molecule has 1 amide bonds. The molecule has 1 heterocycles. The third-order valence-electron chi connectivity index (χ3n) is 6.98. The fourth-order valence-corrected chi connectivity index (χ4v) is 6.30. The van der Waals surface area contributed by atoms with Crippen LogP contribution < -0.4 is 5.32 Å². The Kier molecular flexibility index (Phi) is 5.88. The van der Waals surface area contributed by atoms with E-state index < -0.39 is 23.8 Å². The summed E-state index contributed by atoms with van der Waals surface area (Å²) in [5.41, 5.74) is 3.06. The summed E-state index contributed by atoms with van der Waals surface area (Å²) in [6, 6.07) is 8.02. The molecule has 0 spiro atoms. The maximum absolute atomic E-state index is 13.2. The second kappa shape index (κ2) is 8.35. The maximum Gasteiger partial charge on any atom is 0.341 e. The number of carboxylic acid groups (broad SMARTS) is 1. The molecule has 32 heavy (non-hydrogen) atoms. The molecule has 0 radical (unpaired) electrons. The lowest BCUT2D eigenvalue weighted by atomic mass is 9.78. The minimum Gasteiger partial charge on any atom is -0.481 e. The van der Waals surface area contributed by atoms with Gasteiger partial charge in [0.05, 0.1) is 18.9 Å². The van der Waals surface area contributed by atoms with Crippen LogP contribution in [-0.2, 0) is 19.7 Å². The molecule has 2 fully saturated rings. The molecule has 6 nitrogen and oxygen atoms in total. The summed E-state index contributed by atoms with van der Waals surface area (Å²) in [7, 11) is 1.31. The minimum absolute atomic E-state index is 0.0127. The molecule has 4 atom stereocenters. The number of carbonyl (C=O) groups is 3. The lowest BCUT2D eigenvalue weighted by Crippen LogP contribution is -2.37. The first kappa shape index (κ1) is 22.5. The van der Waals surface area contributed by atoms with Gasteiger partial charge < -0.3 is 15.2 Å². The Hall–Kier alpha value is -2.67. The third-order valence-corrected chi connectivity index (χ3v) is 7.88. The van der Waals surface area contributed by atoms with Crippen LogP contribution in [0.25, 0.3) is 11.1 Å². The van der Waals surface area contributed by atoms with Gasteiger partial charge in [0.2, 0.25) is 5.91 Å². The number of carboxylic acids is 1. The molecular formula is C25H29NO5S. The van der Waals surface area contributed by atoms with Crippen LogP contribution in [0.4, 0.5) is 5.00 Å². The summed E-state index contributed by atoms with van der Waals surface area (Å²) < 4.78 is 5.01. The molecule has 170 valence electrons. The number of esters is 1. The molecule has 1 aromatic heterocycles. The van der Waals surface area contributed by atoms with E-state index in [2.05, 4.69) is 26.1 Å². The highest BCUT2D eigenvalue weighted by molar-refractivity contribution is 7.15. The SMILES string of the molecule is COC(=O)c1c(-c2ccc(C(C)(C)C)cc2)csc1NC(=O)[C@H]1[C@@H]2CC[C@@H](C2)[C@@H]1C(=O)O. The second-order valence-electron chi connectivity index (χ2n) is 9.88. The Morgan fingerprint density at radius 2 is 1.69 bits per heavy atom. The lowest BCUT2D eigenvalue weighted by Gasteiger charge is -2.26. The van der Waals surface area contributed by atoms with Crippen LogP contribution in [-0.4, -0.2) is 30.1 Å². The van der Waals surface area contributed by atoms with Crippen molar-refractivity contribution < 1.29 is 24.2 Å². The van der Waals surface area contributed by atoms with E-state index in [0.717, 1.165) is 24.8 Å². The number of carbonyl (C=O) groups excluding carboxylic acids is 2. The van der Waals surface area contributed by atoms with E-state index in [4.69, 9.17) is 4.74 Å². The van der Waals surface area contributed by atoms with Crippen molar-refractivity contribution in [1.29, 1.82) is 0 Å². The van der Waals surface area contributed by atoms with Crippen LogP contribution in [0, 0.1) is 23.7 Å². The summed E-state index contributed by atoms with van der Waals surface area (Å²) in [5.74, 6) is -2.81. The Bertz CT molecular complexity index is 1050. The largest absolute Gasteiger partial charge is 0.481 e. The van der Waals surface area contributed by atoms with E-state index in [-0.39, 0.29) is 23.2 Å². The van der Waals surface area contributed by atoms with Crippen LogP contribution >= 0.6 is 11.3 Å². The number of benzene rings is 1. The summed E-state index contributed by atoms with van der Waals surface area (Å²) in [6.07, 6.45) is 2.54. The maximum atomic E-state index is 13.2. The van der Waals surface area contributed by atoms with Crippen LogP contribution in [0.1, 0.15) is 56.0 Å². The van der Waals surface area contributed by atoms with Gasteiger partial charge >= 0.3 is 11.9 Å². The van der Waals surface area contributed by atoms with Crippen LogP contribution in [0.2, 0.25) is 0 Å². The van der Waals surface area contributed by atoms with Crippen molar-refractivity contribution >= 4 is 34.2 Å². The molecule has 2 bridgehead atoms. The monoisotopic (exact) mass is 455 g/mol. The van der Waals surface area contributed by atoms with Gasteiger partial charge in [-0.05, 0) is 47.6 Å². The van der Waals surface area contributed by atoms with Crippen LogP contribution in [0.15, 0.2) is 29.6 Å². The standard InChI is InChI=1S/C25H29NO5S/c1-25(2,3)16-9-7-13(8-10-16)17-12-32-22(20(17)24(30)31-4)26-21(27)18-14-5-6-15(11-14)19(18)23(28)29/h7-10,12,14-15,18-19H,5-6,11H2,1-4H3,(H,26,27)(H,28,29)/t14-,15+,18+,19+/m1/s1. The summed E-state index contributed by atoms with van der Waals surface area (Å²) in [5, 5.41) is 14.8. The van der Waals surface area contributed by atoms with E-state index in [1.807, 2.05) is 29.6 Å². The highest BCUT2D eigenvalue weighted by Gasteiger charge is 2.54. The quantitative estimate of drug-likeness (QED) is 0.606. The summed E-state index contributed by atoms with van der Waals surface area (Å²) >= 11 is 1.26. The second-order valence-corrected chi connectivity index (χ2v) is 10.8. The molecule has 4 rings (SSSR count). The van der Waals surface area contributed by atoms with E-state index in [1.165, 1.54) is 24.0 Å². The van der Waals surface area contributed by atoms with Gasteiger partial charge in [0.1, 0.15) is 10.6 Å². The first-order valence-corrected chi connectivity index (χ1v) is 11.8. The van der Waals surface area contributed by atoms with Gasteiger partial charge in [-0.2, -0.15) is 0 Å². The molecule has 2 aromatic rings.